The number of aromatic nitrogens is 4. The maximum atomic E-state index is 11.9. The minimum Gasteiger partial charge on any atom is -0.368 e. The quantitative estimate of drug-likeness (QED) is 0.860. The Morgan fingerprint density at radius 3 is 2.92 bits per heavy atom. The van der Waals surface area contributed by atoms with Gasteiger partial charge in [-0.05, 0) is 45.4 Å². The van der Waals surface area contributed by atoms with E-state index in [1.807, 2.05) is 19.9 Å². The van der Waals surface area contributed by atoms with E-state index in [0.717, 1.165) is 43.4 Å². The van der Waals surface area contributed by atoms with Gasteiger partial charge in [0.15, 0.2) is 0 Å². The number of piperidine rings is 1. The average molecular weight is 342 g/mol. The fourth-order valence-corrected chi connectivity index (χ4v) is 3.30. The third-order valence-electron chi connectivity index (χ3n) is 4.64. The van der Waals surface area contributed by atoms with Gasteiger partial charge in [-0.15, -0.1) is 0 Å². The summed E-state index contributed by atoms with van der Waals surface area (Å²) in [5.74, 6) is 1.64. The monoisotopic (exact) mass is 342 g/mol. The van der Waals surface area contributed by atoms with Gasteiger partial charge in [-0.25, -0.2) is 14.6 Å². The second-order valence-electron chi connectivity index (χ2n) is 6.59. The first kappa shape index (κ1) is 17.5. The van der Waals surface area contributed by atoms with E-state index in [4.69, 9.17) is 0 Å². The molecule has 7 heteroatoms. The van der Waals surface area contributed by atoms with E-state index >= 15 is 0 Å². The maximum Gasteiger partial charge on any atom is 0.266 e. The fourth-order valence-electron chi connectivity index (χ4n) is 3.30. The van der Waals surface area contributed by atoms with Gasteiger partial charge in [-0.2, -0.15) is 5.10 Å². The van der Waals surface area contributed by atoms with Gasteiger partial charge >= 0.3 is 0 Å². The maximum absolute atomic E-state index is 11.9. The summed E-state index contributed by atoms with van der Waals surface area (Å²) < 4.78 is 1.57. The molecule has 1 fully saturated rings. The van der Waals surface area contributed by atoms with Crippen molar-refractivity contribution >= 4 is 5.82 Å². The SMILES string of the molecule is Cc1ccc(=O)n(CCN2CCCCC2CNc2ccnc(C)n2)n1. The van der Waals surface area contributed by atoms with E-state index in [9.17, 15) is 4.79 Å². The van der Waals surface area contributed by atoms with E-state index in [0.29, 0.717) is 12.6 Å². The van der Waals surface area contributed by atoms with E-state index < -0.39 is 0 Å². The molecule has 0 bridgehead atoms. The van der Waals surface area contributed by atoms with Gasteiger partial charge in [-0.1, -0.05) is 6.42 Å². The predicted molar refractivity (Wildman–Crippen MR) is 97.7 cm³/mol. The Balaban J connectivity index is 1.59. The molecule has 0 saturated carbocycles. The molecule has 0 amide bonds. The van der Waals surface area contributed by atoms with Crippen molar-refractivity contribution in [2.75, 3.05) is 25.0 Å². The Hall–Kier alpha value is -2.28. The summed E-state index contributed by atoms with van der Waals surface area (Å²) in [6.07, 6.45) is 5.39. The van der Waals surface area contributed by atoms with Crippen molar-refractivity contribution in [2.45, 2.75) is 45.7 Å². The molecule has 0 spiro atoms. The summed E-state index contributed by atoms with van der Waals surface area (Å²) in [4.78, 5) is 22.9. The van der Waals surface area contributed by atoms with E-state index in [1.165, 1.54) is 12.8 Å². The van der Waals surface area contributed by atoms with Gasteiger partial charge in [0, 0.05) is 31.4 Å². The molecule has 1 atom stereocenters. The molecule has 1 aliphatic heterocycles. The van der Waals surface area contributed by atoms with Crippen molar-refractivity contribution in [2.24, 2.45) is 0 Å². The Morgan fingerprint density at radius 2 is 2.08 bits per heavy atom. The first-order chi connectivity index (χ1) is 12.1. The third-order valence-corrected chi connectivity index (χ3v) is 4.64. The van der Waals surface area contributed by atoms with Crippen molar-refractivity contribution in [1.29, 1.82) is 0 Å². The van der Waals surface area contributed by atoms with Gasteiger partial charge < -0.3 is 5.32 Å². The lowest BCUT2D eigenvalue weighted by Crippen LogP contribution is -2.45. The number of likely N-dealkylation sites (tertiary alicyclic amines) is 1. The Morgan fingerprint density at radius 1 is 1.20 bits per heavy atom. The second kappa shape index (κ2) is 8.20. The molecule has 134 valence electrons. The molecule has 2 aromatic heterocycles. The lowest BCUT2D eigenvalue weighted by atomic mass is 10.0. The van der Waals surface area contributed by atoms with Crippen LogP contribution in [0.3, 0.4) is 0 Å². The van der Waals surface area contributed by atoms with Crippen LogP contribution in [-0.4, -0.2) is 50.3 Å². The third kappa shape index (κ3) is 4.85. The molecule has 3 rings (SSSR count). The number of nitrogens with one attached hydrogen (secondary N) is 1. The zero-order chi connectivity index (χ0) is 17.6. The van der Waals surface area contributed by atoms with E-state index in [1.54, 1.807) is 23.0 Å². The van der Waals surface area contributed by atoms with Crippen LogP contribution in [0.5, 0.6) is 0 Å². The first-order valence-electron chi connectivity index (χ1n) is 8.94. The molecule has 3 heterocycles. The van der Waals surface area contributed by atoms with Crippen molar-refractivity contribution < 1.29 is 0 Å². The molecule has 25 heavy (non-hydrogen) atoms. The molecule has 1 saturated heterocycles. The molecular weight excluding hydrogens is 316 g/mol. The van der Waals surface area contributed by atoms with Crippen LogP contribution in [0.2, 0.25) is 0 Å². The molecule has 1 unspecified atom stereocenters. The van der Waals surface area contributed by atoms with Crippen LogP contribution in [0.15, 0.2) is 29.2 Å². The predicted octanol–water partition coefficient (Wildman–Crippen LogP) is 1.62. The van der Waals surface area contributed by atoms with Crippen LogP contribution < -0.4 is 10.9 Å². The highest BCUT2D eigenvalue weighted by Crippen LogP contribution is 2.17. The van der Waals surface area contributed by atoms with Gasteiger partial charge in [0.2, 0.25) is 0 Å². The number of rotatable bonds is 6. The largest absolute Gasteiger partial charge is 0.368 e. The standard InChI is InChI=1S/C18H26N6O/c1-14-6-7-18(25)24(22-14)12-11-23-10-4-3-5-16(23)13-20-17-8-9-19-15(2)21-17/h6-9,16H,3-5,10-13H2,1-2H3,(H,19,20,21). The number of hydrogen-bond acceptors (Lipinski definition) is 6. The topological polar surface area (TPSA) is 75.9 Å². The van der Waals surface area contributed by atoms with Gasteiger partial charge in [0.05, 0.1) is 12.2 Å². The van der Waals surface area contributed by atoms with Crippen LogP contribution in [0.1, 0.15) is 30.8 Å². The van der Waals surface area contributed by atoms with Crippen molar-refractivity contribution in [3.05, 3.63) is 46.3 Å². The molecule has 2 aromatic rings. The van der Waals surface area contributed by atoms with E-state index in [2.05, 4.69) is 25.3 Å². The normalized spacial score (nSPS) is 18.2. The Kier molecular flexibility index (Phi) is 5.75. The van der Waals surface area contributed by atoms with Crippen molar-refractivity contribution in [3.63, 3.8) is 0 Å². The molecule has 7 nitrogen and oxygen atoms in total. The number of aryl methyl sites for hydroxylation is 2. The summed E-state index contributed by atoms with van der Waals surface area (Å²) in [5.41, 5.74) is 0.837. The number of nitrogens with zero attached hydrogens (tertiary/aromatic N) is 5. The van der Waals surface area contributed by atoms with Crippen molar-refractivity contribution in [3.8, 4) is 0 Å². The zero-order valence-corrected chi connectivity index (χ0v) is 15.0. The summed E-state index contributed by atoms with van der Waals surface area (Å²) in [5, 5.41) is 7.76. The summed E-state index contributed by atoms with van der Waals surface area (Å²) in [6, 6.07) is 5.70. The highest BCUT2D eigenvalue weighted by Gasteiger charge is 2.22. The van der Waals surface area contributed by atoms with Gasteiger partial charge in [0.25, 0.3) is 5.56 Å². The van der Waals surface area contributed by atoms with Crippen molar-refractivity contribution in [1.82, 2.24) is 24.6 Å². The lowest BCUT2D eigenvalue weighted by molar-refractivity contribution is 0.148. The fraction of sp³-hybridized carbons (Fsp3) is 0.556. The molecule has 1 aliphatic rings. The van der Waals surface area contributed by atoms with Crippen LogP contribution in [0.25, 0.3) is 0 Å². The summed E-state index contributed by atoms with van der Waals surface area (Å²) in [6.45, 7) is 7.19. The molecule has 0 radical (unpaired) electrons. The van der Waals surface area contributed by atoms with Gasteiger partial charge in [0.1, 0.15) is 11.6 Å². The van der Waals surface area contributed by atoms with Crippen LogP contribution in [0, 0.1) is 13.8 Å². The van der Waals surface area contributed by atoms with Crippen LogP contribution in [-0.2, 0) is 6.54 Å². The van der Waals surface area contributed by atoms with E-state index in [-0.39, 0.29) is 5.56 Å². The molecule has 1 N–H and O–H groups in total. The van der Waals surface area contributed by atoms with Crippen LogP contribution >= 0.6 is 0 Å². The first-order valence-corrected chi connectivity index (χ1v) is 8.94. The Bertz CT molecular complexity index is 759. The minimum atomic E-state index is -0.0336. The average Bonchev–Trinajstić information content (AvgIpc) is 2.61. The second-order valence-corrected chi connectivity index (χ2v) is 6.59. The van der Waals surface area contributed by atoms with Crippen LogP contribution in [0.4, 0.5) is 5.82 Å². The Labute approximate surface area is 148 Å². The molecule has 0 aliphatic carbocycles. The zero-order valence-electron chi connectivity index (χ0n) is 15.0. The summed E-state index contributed by atoms with van der Waals surface area (Å²) >= 11 is 0. The van der Waals surface area contributed by atoms with Gasteiger partial charge in [-0.3, -0.25) is 9.69 Å². The molecular formula is C18H26N6O. The molecule has 0 aromatic carbocycles. The summed E-state index contributed by atoms with van der Waals surface area (Å²) in [7, 11) is 0. The minimum absolute atomic E-state index is 0.0336. The highest BCUT2D eigenvalue weighted by molar-refractivity contribution is 5.32. The number of hydrogen-bond donors (Lipinski definition) is 1. The number of anilines is 1. The smallest absolute Gasteiger partial charge is 0.266 e. The highest BCUT2D eigenvalue weighted by atomic mass is 16.1. The lowest BCUT2D eigenvalue weighted by Gasteiger charge is -2.35.